The van der Waals surface area contributed by atoms with Gasteiger partial charge in [0, 0.05) is 10.4 Å². The summed E-state index contributed by atoms with van der Waals surface area (Å²) in [5.41, 5.74) is 2.00. The van der Waals surface area contributed by atoms with Gasteiger partial charge in [0.1, 0.15) is 16.4 Å². The van der Waals surface area contributed by atoms with Gasteiger partial charge in [-0.25, -0.2) is 4.98 Å². The fourth-order valence-corrected chi connectivity index (χ4v) is 6.39. The average molecular weight is 578 g/mol. The van der Waals surface area contributed by atoms with Crippen LogP contribution in [0, 0.1) is 7.14 Å². The molecule has 1 aliphatic carbocycles. The fraction of sp³-hybridized carbons (Fsp3) is 0.333. The first-order chi connectivity index (χ1) is 12.0. The topological polar surface area (TPSA) is 66.0 Å². The van der Waals surface area contributed by atoms with Gasteiger partial charge < -0.3 is 10.1 Å². The molecule has 0 atom stereocenters. The lowest BCUT2D eigenvalue weighted by molar-refractivity contribution is 0.467. The van der Waals surface area contributed by atoms with Gasteiger partial charge in [0.25, 0.3) is 5.56 Å². The van der Waals surface area contributed by atoms with E-state index in [4.69, 9.17) is 4.98 Å². The standard InChI is InChI=1S/C18H16I2N2O2S/c19-11-7-9(8-12(20)15(11)23)16-21-17(24)14-10-5-3-1-2-4-6-13(10)25-18(14)22-16/h7-8,23H,1-6H2,(H,21,22,24). The van der Waals surface area contributed by atoms with Crippen molar-refractivity contribution in [2.45, 2.75) is 38.5 Å². The monoisotopic (exact) mass is 578 g/mol. The van der Waals surface area contributed by atoms with E-state index in [0.717, 1.165) is 42.2 Å². The van der Waals surface area contributed by atoms with Gasteiger partial charge in [-0.05, 0) is 88.6 Å². The first kappa shape index (κ1) is 17.7. The van der Waals surface area contributed by atoms with Crippen LogP contribution in [0.3, 0.4) is 0 Å². The normalized spacial score (nSPS) is 15.0. The minimum absolute atomic E-state index is 0.0452. The predicted molar refractivity (Wildman–Crippen MR) is 119 cm³/mol. The van der Waals surface area contributed by atoms with Gasteiger partial charge in [-0.3, -0.25) is 4.79 Å². The number of phenolic OH excluding ortho intramolecular Hbond substituents is 1. The van der Waals surface area contributed by atoms with Crippen molar-refractivity contribution in [3.8, 4) is 17.1 Å². The molecule has 1 aliphatic rings. The van der Waals surface area contributed by atoms with Crippen LogP contribution in [0.1, 0.15) is 36.1 Å². The smallest absolute Gasteiger partial charge is 0.260 e. The first-order valence-corrected chi connectivity index (χ1v) is 11.2. The van der Waals surface area contributed by atoms with Crippen LogP contribution in [0.2, 0.25) is 0 Å². The summed E-state index contributed by atoms with van der Waals surface area (Å²) in [4.78, 5) is 22.7. The Morgan fingerprint density at radius 2 is 1.76 bits per heavy atom. The molecule has 7 heteroatoms. The van der Waals surface area contributed by atoms with E-state index in [1.165, 1.54) is 29.7 Å². The molecule has 2 heterocycles. The van der Waals surface area contributed by atoms with Gasteiger partial charge in [0.05, 0.1) is 12.5 Å². The molecule has 0 fully saturated rings. The third kappa shape index (κ3) is 3.34. The molecule has 0 saturated heterocycles. The number of thiophene rings is 1. The van der Waals surface area contributed by atoms with Crippen LogP contribution in [0.15, 0.2) is 16.9 Å². The summed E-state index contributed by atoms with van der Waals surface area (Å²) in [6.07, 6.45) is 6.89. The van der Waals surface area contributed by atoms with E-state index in [-0.39, 0.29) is 11.3 Å². The molecule has 4 rings (SSSR count). The molecule has 1 aromatic carbocycles. The molecular weight excluding hydrogens is 562 g/mol. The SMILES string of the molecule is O=c1[nH]c(-c2cc(I)c(O)c(I)c2)nc2sc3c(c12)CCCCCC3. The number of phenols is 1. The molecule has 0 saturated carbocycles. The zero-order valence-corrected chi connectivity index (χ0v) is 18.5. The van der Waals surface area contributed by atoms with E-state index < -0.39 is 0 Å². The number of nitrogens with zero attached hydrogens (tertiary/aromatic N) is 1. The fourth-order valence-electron chi connectivity index (χ4n) is 3.36. The van der Waals surface area contributed by atoms with E-state index >= 15 is 0 Å². The largest absolute Gasteiger partial charge is 0.506 e. The maximum Gasteiger partial charge on any atom is 0.260 e. The molecule has 0 bridgehead atoms. The molecule has 130 valence electrons. The molecule has 2 aromatic heterocycles. The van der Waals surface area contributed by atoms with Crippen molar-refractivity contribution < 1.29 is 5.11 Å². The average Bonchev–Trinajstić information content (AvgIpc) is 2.89. The highest BCUT2D eigenvalue weighted by Gasteiger charge is 2.19. The molecule has 4 nitrogen and oxygen atoms in total. The van der Waals surface area contributed by atoms with E-state index in [0.29, 0.717) is 5.82 Å². The number of aromatic hydroxyl groups is 1. The van der Waals surface area contributed by atoms with Crippen LogP contribution in [0.4, 0.5) is 0 Å². The van der Waals surface area contributed by atoms with Crippen molar-refractivity contribution in [2.24, 2.45) is 0 Å². The highest BCUT2D eigenvalue weighted by atomic mass is 127. The summed E-state index contributed by atoms with van der Waals surface area (Å²) in [5.74, 6) is 0.843. The second-order valence-corrected chi connectivity index (χ2v) is 9.71. The Bertz CT molecular complexity index is 1000. The van der Waals surface area contributed by atoms with Gasteiger partial charge in [0.15, 0.2) is 0 Å². The van der Waals surface area contributed by atoms with Gasteiger partial charge in [0.2, 0.25) is 0 Å². The molecule has 0 spiro atoms. The quantitative estimate of drug-likeness (QED) is 0.390. The number of rotatable bonds is 1. The summed E-state index contributed by atoms with van der Waals surface area (Å²) in [5, 5.41) is 10.7. The lowest BCUT2D eigenvalue weighted by atomic mass is 9.98. The number of nitrogens with one attached hydrogen (secondary N) is 1. The van der Waals surface area contributed by atoms with Crippen LogP contribution in [0.25, 0.3) is 21.6 Å². The minimum atomic E-state index is -0.0452. The van der Waals surface area contributed by atoms with Gasteiger partial charge in [-0.15, -0.1) is 11.3 Å². The molecule has 0 aliphatic heterocycles. The Balaban J connectivity index is 1.89. The molecule has 0 radical (unpaired) electrons. The van der Waals surface area contributed by atoms with E-state index in [1.54, 1.807) is 11.3 Å². The van der Waals surface area contributed by atoms with Crippen LogP contribution >= 0.6 is 56.5 Å². The summed E-state index contributed by atoms with van der Waals surface area (Å²) in [7, 11) is 0. The summed E-state index contributed by atoms with van der Waals surface area (Å²) in [6, 6.07) is 3.71. The van der Waals surface area contributed by atoms with E-state index in [1.807, 2.05) is 12.1 Å². The zero-order chi connectivity index (χ0) is 17.6. The summed E-state index contributed by atoms with van der Waals surface area (Å²) >= 11 is 5.86. The number of fused-ring (bicyclic) bond motifs is 3. The van der Waals surface area contributed by atoms with Crippen LogP contribution in [-0.2, 0) is 12.8 Å². The molecule has 2 N–H and O–H groups in total. The first-order valence-electron chi connectivity index (χ1n) is 8.27. The second kappa shape index (κ2) is 7.15. The Hall–Kier alpha value is -0.680. The van der Waals surface area contributed by atoms with Crippen molar-refractivity contribution in [1.29, 1.82) is 0 Å². The van der Waals surface area contributed by atoms with Crippen molar-refractivity contribution in [3.05, 3.63) is 40.1 Å². The van der Waals surface area contributed by atoms with Crippen LogP contribution < -0.4 is 5.56 Å². The number of aromatic nitrogens is 2. The van der Waals surface area contributed by atoms with Gasteiger partial charge >= 0.3 is 0 Å². The Kier molecular flexibility index (Phi) is 5.07. The lowest BCUT2D eigenvalue weighted by Gasteiger charge is -2.09. The Morgan fingerprint density at radius 3 is 2.48 bits per heavy atom. The maximum absolute atomic E-state index is 12.8. The van der Waals surface area contributed by atoms with E-state index in [9.17, 15) is 9.90 Å². The Labute approximate surface area is 176 Å². The number of hydrogen-bond donors (Lipinski definition) is 2. The summed E-state index contributed by atoms with van der Waals surface area (Å²) < 4.78 is 1.50. The number of H-pyrrole nitrogens is 1. The molecule has 0 unspecified atom stereocenters. The second-order valence-electron chi connectivity index (χ2n) is 6.30. The third-order valence-electron chi connectivity index (χ3n) is 4.62. The van der Waals surface area contributed by atoms with Crippen molar-refractivity contribution in [2.75, 3.05) is 0 Å². The lowest BCUT2D eigenvalue weighted by Crippen LogP contribution is -2.10. The molecular formula is C18H16I2N2O2S. The van der Waals surface area contributed by atoms with Crippen molar-refractivity contribution in [3.63, 3.8) is 0 Å². The zero-order valence-electron chi connectivity index (χ0n) is 13.4. The molecule has 0 amide bonds. The third-order valence-corrected chi connectivity index (χ3v) is 7.45. The number of hydrogen-bond acceptors (Lipinski definition) is 4. The molecule has 3 aromatic rings. The summed E-state index contributed by atoms with van der Waals surface area (Å²) in [6.45, 7) is 0. The van der Waals surface area contributed by atoms with Crippen LogP contribution in [-0.4, -0.2) is 15.1 Å². The van der Waals surface area contributed by atoms with Crippen molar-refractivity contribution >= 4 is 66.7 Å². The van der Waals surface area contributed by atoms with Crippen molar-refractivity contribution in [1.82, 2.24) is 9.97 Å². The van der Waals surface area contributed by atoms with E-state index in [2.05, 4.69) is 50.2 Å². The van der Waals surface area contributed by atoms with Gasteiger partial charge in [-0.1, -0.05) is 12.8 Å². The Morgan fingerprint density at radius 1 is 1.08 bits per heavy atom. The number of aryl methyl sites for hydroxylation is 2. The highest BCUT2D eigenvalue weighted by molar-refractivity contribution is 14.1. The highest BCUT2D eigenvalue weighted by Crippen LogP contribution is 2.34. The minimum Gasteiger partial charge on any atom is -0.506 e. The number of aromatic amines is 1. The molecule has 25 heavy (non-hydrogen) atoms. The maximum atomic E-state index is 12.8. The number of halogens is 2. The van der Waals surface area contributed by atoms with Crippen LogP contribution in [0.5, 0.6) is 5.75 Å². The number of benzene rings is 1. The van der Waals surface area contributed by atoms with Gasteiger partial charge in [-0.2, -0.15) is 0 Å². The predicted octanol–water partition coefficient (Wildman–Crippen LogP) is 5.23.